The maximum Gasteiger partial charge on any atom is 0.0925 e. The van der Waals surface area contributed by atoms with Crippen LogP contribution in [0.2, 0.25) is 0 Å². The van der Waals surface area contributed by atoms with Crippen LogP contribution < -0.4 is 5.32 Å². The van der Waals surface area contributed by atoms with Crippen molar-refractivity contribution in [3.8, 4) is 0 Å². The highest BCUT2D eigenvalue weighted by Gasteiger charge is 2.32. The number of H-pyrrole nitrogens is 1. The Bertz CT molecular complexity index is 390. The van der Waals surface area contributed by atoms with Gasteiger partial charge in [0, 0.05) is 24.7 Å². The molecular formula is C14H24N4. The van der Waals surface area contributed by atoms with Crippen LogP contribution in [-0.2, 0) is 6.42 Å². The molecule has 0 aromatic carbocycles. The average Bonchev–Trinajstić information content (AvgIpc) is 2.87. The van der Waals surface area contributed by atoms with Gasteiger partial charge < -0.3 is 15.2 Å². The fourth-order valence-corrected chi connectivity index (χ4v) is 3.41. The van der Waals surface area contributed by atoms with Crippen molar-refractivity contribution in [1.82, 2.24) is 20.2 Å². The molecule has 0 spiro atoms. The second-order valence-electron chi connectivity index (χ2n) is 5.92. The molecule has 0 amide bonds. The van der Waals surface area contributed by atoms with Crippen molar-refractivity contribution in [3.63, 3.8) is 0 Å². The van der Waals surface area contributed by atoms with E-state index in [4.69, 9.17) is 0 Å². The first kappa shape index (κ1) is 12.2. The normalized spacial score (nSPS) is 26.5. The Hall–Kier alpha value is -0.870. The Morgan fingerprint density at radius 2 is 2.11 bits per heavy atom. The maximum atomic E-state index is 4.54. The number of fused-ring (bicyclic) bond motifs is 1. The molecule has 0 unspecified atom stereocenters. The van der Waals surface area contributed by atoms with Crippen LogP contribution in [0.1, 0.15) is 44.1 Å². The molecular weight excluding hydrogens is 224 g/mol. The van der Waals surface area contributed by atoms with E-state index < -0.39 is 0 Å². The Labute approximate surface area is 109 Å². The Kier molecular flexibility index (Phi) is 3.39. The number of hydrogen-bond acceptors (Lipinski definition) is 3. The molecule has 0 bridgehead atoms. The van der Waals surface area contributed by atoms with Crippen molar-refractivity contribution in [3.05, 3.63) is 17.7 Å². The summed E-state index contributed by atoms with van der Waals surface area (Å²) in [4.78, 5) is 10.4. The number of nitrogens with one attached hydrogen (secondary N) is 2. The standard InChI is InChI=1S/C14H24N4/c1-10(2)18-7-4-11(5-8-18)13-14-12(3-6-15-13)16-9-17-14/h9-11,13,15H,3-8H2,1-2H3,(H,16,17)/t13-/m1/s1. The highest BCUT2D eigenvalue weighted by atomic mass is 15.2. The van der Waals surface area contributed by atoms with Crippen molar-refractivity contribution < 1.29 is 0 Å². The van der Waals surface area contributed by atoms with Crippen molar-refractivity contribution >= 4 is 0 Å². The molecule has 1 aromatic heterocycles. The lowest BCUT2D eigenvalue weighted by atomic mass is 9.85. The third-order valence-electron chi connectivity index (χ3n) is 4.56. The summed E-state index contributed by atoms with van der Waals surface area (Å²) in [5.41, 5.74) is 2.63. The summed E-state index contributed by atoms with van der Waals surface area (Å²) in [6, 6.07) is 1.17. The second-order valence-corrected chi connectivity index (χ2v) is 5.92. The van der Waals surface area contributed by atoms with Gasteiger partial charge in [0.1, 0.15) is 0 Å². The number of aromatic amines is 1. The molecule has 18 heavy (non-hydrogen) atoms. The molecule has 4 heteroatoms. The molecule has 2 N–H and O–H groups in total. The molecule has 0 radical (unpaired) electrons. The van der Waals surface area contributed by atoms with Gasteiger partial charge in [-0.05, 0) is 45.7 Å². The summed E-state index contributed by atoms with van der Waals surface area (Å²) in [7, 11) is 0. The van der Waals surface area contributed by atoms with E-state index in [2.05, 4.69) is 34.0 Å². The van der Waals surface area contributed by atoms with Crippen LogP contribution in [0.5, 0.6) is 0 Å². The predicted molar refractivity (Wildman–Crippen MR) is 72.5 cm³/mol. The van der Waals surface area contributed by atoms with Crippen LogP contribution in [-0.4, -0.2) is 40.5 Å². The van der Waals surface area contributed by atoms with Crippen LogP contribution in [0.15, 0.2) is 6.33 Å². The summed E-state index contributed by atoms with van der Waals surface area (Å²) in [5.74, 6) is 0.752. The van der Waals surface area contributed by atoms with Gasteiger partial charge in [-0.25, -0.2) is 4.98 Å². The fraction of sp³-hybridized carbons (Fsp3) is 0.786. The van der Waals surface area contributed by atoms with E-state index in [-0.39, 0.29) is 0 Å². The van der Waals surface area contributed by atoms with E-state index in [1.165, 1.54) is 37.3 Å². The lowest BCUT2D eigenvalue weighted by Gasteiger charge is -2.39. The third-order valence-corrected chi connectivity index (χ3v) is 4.56. The first-order chi connectivity index (χ1) is 8.75. The van der Waals surface area contributed by atoms with E-state index in [1.807, 2.05) is 6.33 Å². The van der Waals surface area contributed by atoms with E-state index in [0.717, 1.165) is 18.9 Å². The van der Waals surface area contributed by atoms with Crippen LogP contribution >= 0.6 is 0 Å². The Morgan fingerprint density at radius 3 is 2.83 bits per heavy atom. The number of imidazole rings is 1. The molecule has 3 heterocycles. The van der Waals surface area contributed by atoms with Crippen molar-refractivity contribution in [2.75, 3.05) is 19.6 Å². The van der Waals surface area contributed by atoms with Gasteiger partial charge in [-0.2, -0.15) is 0 Å². The number of rotatable bonds is 2. The minimum atomic E-state index is 0.481. The second kappa shape index (κ2) is 5.02. The van der Waals surface area contributed by atoms with E-state index in [1.54, 1.807) is 0 Å². The summed E-state index contributed by atoms with van der Waals surface area (Å²) in [5, 5.41) is 3.67. The molecule has 3 rings (SSSR count). The molecule has 1 atom stereocenters. The highest BCUT2D eigenvalue weighted by Crippen LogP contribution is 2.33. The van der Waals surface area contributed by atoms with Crippen LogP contribution in [0, 0.1) is 5.92 Å². The largest absolute Gasteiger partial charge is 0.348 e. The molecule has 2 aliphatic heterocycles. The molecule has 0 saturated carbocycles. The fourth-order valence-electron chi connectivity index (χ4n) is 3.41. The first-order valence-electron chi connectivity index (χ1n) is 7.25. The third kappa shape index (κ3) is 2.19. The molecule has 2 aliphatic rings. The van der Waals surface area contributed by atoms with Gasteiger partial charge in [-0.3, -0.25) is 0 Å². The zero-order valence-corrected chi connectivity index (χ0v) is 11.4. The summed E-state index contributed by atoms with van der Waals surface area (Å²) >= 11 is 0. The lowest BCUT2D eigenvalue weighted by Crippen LogP contribution is -2.43. The first-order valence-corrected chi connectivity index (χ1v) is 7.25. The minimum absolute atomic E-state index is 0.481. The topological polar surface area (TPSA) is 44.0 Å². The van der Waals surface area contributed by atoms with Gasteiger partial charge in [0.25, 0.3) is 0 Å². The van der Waals surface area contributed by atoms with Gasteiger partial charge in [-0.1, -0.05) is 0 Å². The smallest absolute Gasteiger partial charge is 0.0925 e. The summed E-state index contributed by atoms with van der Waals surface area (Å²) in [6.45, 7) is 8.15. The van der Waals surface area contributed by atoms with Gasteiger partial charge in [0.15, 0.2) is 0 Å². The zero-order valence-electron chi connectivity index (χ0n) is 11.4. The maximum absolute atomic E-state index is 4.54. The number of likely N-dealkylation sites (tertiary alicyclic amines) is 1. The monoisotopic (exact) mass is 248 g/mol. The number of piperidine rings is 1. The van der Waals surface area contributed by atoms with Gasteiger partial charge in [0.05, 0.1) is 18.1 Å². The summed E-state index contributed by atoms with van der Waals surface area (Å²) in [6.07, 6.45) is 5.54. The Balaban J connectivity index is 1.68. The molecule has 0 aliphatic carbocycles. The predicted octanol–water partition coefficient (Wildman–Crippen LogP) is 1.72. The van der Waals surface area contributed by atoms with Crippen LogP contribution in [0.25, 0.3) is 0 Å². The highest BCUT2D eigenvalue weighted by molar-refractivity contribution is 5.20. The SMILES string of the molecule is CC(C)N1CCC([C@H]2NCCc3[nH]cnc32)CC1. The minimum Gasteiger partial charge on any atom is -0.348 e. The lowest BCUT2D eigenvalue weighted by molar-refractivity contribution is 0.127. The molecule has 100 valence electrons. The van der Waals surface area contributed by atoms with Crippen LogP contribution in [0.4, 0.5) is 0 Å². The van der Waals surface area contributed by atoms with Crippen molar-refractivity contribution in [2.24, 2.45) is 5.92 Å². The average molecular weight is 248 g/mol. The summed E-state index contributed by atoms with van der Waals surface area (Å²) < 4.78 is 0. The van der Waals surface area contributed by atoms with Crippen molar-refractivity contribution in [1.29, 1.82) is 0 Å². The molecule has 4 nitrogen and oxygen atoms in total. The van der Waals surface area contributed by atoms with E-state index >= 15 is 0 Å². The molecule has 1 aromatic rings. The van der Waals surface area contributed by atoms with Crippen molar-refractivity contribution in [2.45, 2.75) is 45.2 Å². The Morgan fingerprint density at radius 1 is 1.33 bits per heavy atom. The number of nitrogens with zero attached hydrogens (tertiary/aromatic N) is 2. The molecule has 1 fully saturated rings. The number of aromatic nitrogens is 2. The van der Waals surface area contributed by atoms with E-state index in [0.29, 0.717) is 12.1 Å². The molecule has 1 saturated heterocycles. The van der Waals surface area contributed by atoms with E-state index in [9.17, 15) is 0 Å². The zero-order chi connectivity index (χ0) is 12.5. The van der Waals surface area contributed by atoms with Gasteiger partial charge >= 0.3 is 0 Å². The van der Waals surface area contributed by atoms with Crippen LogP contribution in [0.3, 0.4) is 0 Å². The number of hydrogen-bond donors (Lipinski definition) is 2. The van der Waals surface area contributed by atoms with Gasteiger partial charge in [0.2, 0.25) is 0 Å². The van der Waals surface area contributed by atoms with Gasteiger partial charge in [-0.15, -0.1) is 0 Å². The quantitative estimate of drug-likeness (QED) is 0.837.